The molecule has 0 aliphatic rings. The summed E-state index contributed by atoms with van der Waals surface area (Å²) in [4.78, 5) is 20.5. The highest BCUT2D eigenvalue weighted by Gasteiger charge is 2.11. The highest BCUT2D eigenvalue weighted by atomic mass is 16.1. The molecule has 0 bridgehead atoms. The number of rotatable bonds is 4. The van der Waals surface area contributed by atoms with Crippen molar-refractivity contribution in [3.8, 4) is 0 Å². The summed E-state index contributed by atoms with van der Waals surface area (Å²) in [5.41, 5.74) is 9.32. The van der Waals surface area contributed by atoms with Gasteiger partial charge < -0.3 is 11.1 Å². The summed E-state index contributed by atoms with van der Waals surface area (Å²) in [5, 5.41) is 2.86. The summed E-state index contributed by atoms with van der Waals surface area (Å²) >= 11 is 0. The third kappa shape index (κ3) is 3.12. The molecule has 0 radical (unpaired) electrons. The smallest absolute Gasteiger partial charge is 0.253 e. The van der Waals surface area contributed by atoms with Crippen LogP contribution in [0.25, 0.3) is 0 Å². The molecule has 104 valence electrons. The monoisotopic (exact) mass is 270 g/mol. The Labute approximate surface area is 118 Å². The molecule has 2 aromatic heterocycles. The van der Waals surface area contributed by atoms with Gasteiger partial charge >= 0.3 is 0 Å². The third-order valence-corrected chi connectivity index (χ3v) is 3.13. The van der Waals surface area contributed by atoms with Crippen molar-refractivity contribution in [2.45, 2.75) is 26.8 Å². The van der Waals surface area contributed by atoms with E-state index in [4.69, 9.17) is 5.73 Å². The van der Waals surface area contributed by atoms with E-state index in [1.165, 1.54) is 0 Å². The Kier molecular flexibility index (Phi) is 4.30. The van der Waals surface area contributed by atoms with Crippen molar-refractivity contribution in [2.75, 3.05) is 5.73 Å². The lowest BCUT2D eigenvalue weighted by Gasteiger charge is -2.09. The standard InChI is InChI=1S/C15H18N4O/c1-3-11-5-4-6-17-14(11)9-19-15(20)13-7-12(16)8-18-10(13)2/h4-8H,3,9,16H2,1-2H3,(H,19,20). The topological polar surface area (TPSA) is 80.9 Å². The minimum absolute atomic E-state index is 0.185. The molecule has 0 aliphatic heterocycles. The number of hydrogen-bond donors (Lipinski definition) is 2. The van der Waals surface area contributed by atoms with E-state index >= 15 is 0 Å². The van der Waals surface area contributed by atoms with Crippen molar-refractivity contribution >= 4 is 11.6 Å². The molecule has 5 heteroatoms. The van der Waals surface area contributed by atoms with E-state index in [9.17, 15) is 4.79 Å². The van der Waals surface area contributed by atoms with Gasteiger partial charge in [-0.05, 0) is 31.0 Å². The lowest BCUT2D eigenvalue weighted by atomic mass is 10.1. The maximum Gasteiger partial charge on any atom is 0.253 e. The molecule has 20 heavy (non-hydrogen) atoms. The van der Waals surface area contributed by atoms with Crippen molar-refractivity contribution < 1.29 is 4.79 Å². The van der Waals surface area contributed by atoms with Crippen LogP contribution in [0.2, 0.25) is 0 Å². The van der Waals surface area contributed by atoms with E-state index in [-0.39, 0.29) is 5.91 Å². The second-order valence-electron chi connectivity index (χ2n) is 4.55. The van der Waals surface area contributed by atoms with Crippen LogP contribution in [-0.2, 0) is 13.0 Å². The SMILES string of the molecule is CCc1cccnc1CNC(=O)c1cc(N)cnc1C. The van der Waals surface area contributed by atoms with Crippen LogP contribution in [0.4, 0.5) is 5.69 Å². The Hall–Kier alpha value is -2.43. The molecule has 0 atom stereocenters. The average molecular weight is 270 g/mol. The maximum atomic E-state index is 12.2. The fraction of sp³-hybridized carbons (Fsp3) is 0.267. The maximum absolute atomic E-state index is 12.2. The second kappa shape index (κ2) is 6.14. The van der Waals surface area contributed by atoms with Crippen molar-refractivity contribution in [3.05, 3.63) is 53.1 Å². The molecule has 3 N–H and O–H groups in total. The molecule has 0 saturated carbocycles. The van der Waals surface area contributed by atoms with Gasteiger partial charge in [0, 0.05) is 6.20 Å². The van der Waals surface area contributed by atoms with E-state index in [0.717, 1.165) is 17.7 Å². The van der Waals surface area contributed by atoms with Crippen molar-refractivity contribution in [1.82, 2.24) is 15.3 Å². The minimum Gasteiger partial charge on any atom is -0.397 e. The van der Waals surface area contributed by atoms with Gasteiger partial charge in [0.25, 0.3) is 5.91 Å². The lowest BCUT2D eigenvalue weighted by molar-refractivity contribution is 0.0949. The Bertz CT molecular complexity index is 625. The number of aromatic nitrogens is 2. The van der Waals surface area contributed by atoms with Crippen LogP contribution in [0, 0.1) is 6.92 Å². The van der Waals surface area contributed by atoms with Gasteiger partial charge in [-0.3, -0.25) is 14.8 Å². The predicted octanol–water partition coefficient (Wildman–Crippen LogP) is 1.86. The van der Waals surface area contributed by atoms with Gasteiger partial charge in [0.1, 0.15) is 0 Å². The quantitative estimate of drug-likeness (QED) is 0.888. The Morgan fingerprint density at radius 3 is 2.95 bits per heavy atom. The summed E-state index contributed by atoms with van der Waals surface area (Å²) in [6.45, 7) is 4.25. The number of hydrogen-bond acceptors (Lipinski definition) is 4. The van der Waals surface area contributed by atoms with E-state index in [0.29, 0.717) is 23.5 Å². The zero-order chi connectivity index (χ0) is 14.5. The molecule has 2 rings (SSSR count). The van der Waals surface area contributed by atoms with Gasteiger partial charge in [-0.15, -0.1) is 0 Å². The molecule has 0 unspecified atom stereocenters. The number of carbonyl (C=O) groups excluding carboxylic acids is 1. The van der Waals surface area contributed by atoms with E-state index in [1.807, 2.05) is 12.1 Å². The molecule has 0 aliphatic carbocycles. The lowest BCUT2D eigenvalue weighted by Crippen LogP contribution is -2.25. The van der Waals surface area contributed by atoms with E-state index in [2.05, 4.69) is 22.2 Å². The average Bonchev–Trinajstić information content (AvgIpc) is 2.47. The highest BCUT2D eigenvalue weighted by Crippen LogP contribution is 2.10. The zero-order valence-electron chi connectivity index (χ0n) is 11.7. The minimum atomic E-state index is -0.185. The first kappa shape index (κ1) is 14.0. The molecule has 0 spiro atoms. The number of carbonyl (C=O) groups is 1. The number of pyridine rings is 2. The second-order valence-corrected chi connectivity index (χ2v) is 4.55. The molecule has 0 fully saturated rings. The molecule has 5 nitrogen and oxygen atoms in total. The molecular formula is C15H18N4O. The summed E-state index contributed by atoms with van der Waals surface area (Å²) in [6, 6.07) is 5.55. The number of nitrogens with two attached hydrogens (primary N) is 1. The molecule has 1 amide bonds. The van der Waals surface area contributed by atoms with Gasteiger partial charge in [0.05, 0.1) is 35.4 Å². The summed E-state index contributed by atoms with van der Waals surface area (Å²) in [6.07, 6.45) is 4.16. The third-order valence-electron chi connectivity index (χ3n) is 3.13. The molecular weight excluding hydrogens is 252 g/mol. The van der Waals surface area contributed by atoms with Crippen LogP contribution in [0.3, 0.4) is 0 Å². The molecule has 0 aromatic carbocycles. The fourth-order valence-electron chi connectivity index (χ4n) is 1.99. The summed E-state index contributed by atoms with van der Waals surface area (Å²) in [7, 11) is 0. The van der Waals surface area contributed by atoms with E-state index in [1.54, 1.807) is 25.4 Å². The fourth-order valence-corrected chi connectivity index (χ4v) is 1.99. The highest BCUT2D eigenvalue weighted by molar-refractivity contribution is 5.95. The van der Waals surface area contributed by atoms with Crippen molar-refractivity contribution in [3.63, 3.8) is 0 Å². The Morgan fingerprint density at radius 1 is 1.40 bits per heavy atom. The van der Waals surface area contributed by atoms with Crippen molar-refractivity contribution in [1.29, 1.82) is 0 Å². The molecule has 2 heterocycles. The number of amides is 1. The summed E-state index contributed by atoms with van der Waals surface area (Å²) in [5.74, 6) is -0.185. The molecule has 2 aromatic rings. The number of nitrogen functional groups attached to an aromatic ring is 1. The summed E-state index contributed by atoms with van der Waals surface area (Å²) < 4.78 is 0. The van der Waals surface area contributed by atoms with Crippen LogP contribution < -0.4 is 11.1 Å². The van der Waals surface area contributed by atoms with Gasteiger partial charge in [0.15, 0.2) is 0 Å². The first-order valence-corrected chi connectivity index (χ1v) is 6.55. The van der Waals surface area contributed by atoms with Crippen LogP contribution >= 0.6 is 0 Å². The van der Waals surface area contributed by atoms with Gasteiger partial charge in [-0.1, -0.05) is 13.0 Å². The number of nitrogens with zero attached hydrogens (tertiary/aromatic N) is 2. The van der Waals surface area contributed by atoms with Crippen LogP contribution in [0.5, 0.6) is 0 Å². The van der Waals surface area contributed by atoms with E-state index < -0.39 is 0 Å². The molecule has 0 saturated heterocycles. The van der Waals surface area contributed by atoms with Gasteiger partial charge in [-0.2, -0.15) is 0 Å². The van der Waals surface area contributed by atoms with Gasteiger partial charge in [-0.25, -0.2) is 0 Å². The van der Waals surface area contributed by atoms with Crippen molar-refractivity contribution in [2.24, 2.45) is 0 Å². The Morgan fingerprint density at radius 2 is 2.20 bits per heavy atom. The normalized spacial score (nSPS) is 10.3. The predicted molar refractivity (Wildman–Crippen MR) is 78.2 cm³/mol. The zero-order valence-corrected chi connectivity index (χ0v) is 11.7. The van der Waals surface area contributed by atoms with Crippen LogP contribution in [0.15, 0.2) is 30.6 Å². The largest absolute Gasteiger partial charge is 0.397 e. The number of aryl methyl sites for hydroxylation is 2. The Balaban J connectivity index is 2.11. The number of anilines is 1. The first-order chi connectivity index (χ1) is 9.61. The van der Waals surface area contributed by atoms with Crippen LogP contribution in [0.1, 0.15) is 34.2 Å². The first-order valence-electron chi connectivity index (χ1n) is 6.55. The van der Waals surface area contributed by atoms with Gasteiger partial charge in [0.2, 0.25) is 0 Å². The van der Waals surface area contributed by atoms with Crippen LogP contribution in [-0.4, -0.2) is 15.9 Å². The number of nitrogens with one attached hydrogen (secondary N) is 1.